The summed E-state index contributed by atoms with van der Waals surface area (Å²) in [5.41, 5.74) is 1.04. The van der Waals surface area contributed by atoms with Crippen LogP contribution in [0.15, 0.2) is 5.38 Å². The molecule has 1 heterocycles. The van der Waals surface area contributed by atoms with Crippen LogP contribution in [0.5, 0.6) is 0 Å². The van der Waals surface area contributed by atoms with E-state index in [9.17, 15) is 4.79 Å². The van der Waals surface area contributed by atoms with Crippen molar-refractivity contribution in [3.8, 4) is 0 Å². The van der Waals surface area contributed by atoms with Gasteiger partial charge in [-0.3, -0.25) is 4.79 Å². The number of ether oxygens (including phenoxy) is 1. The van der Waals surface area contributed by atoms with Gasteiger partial charge in [0.1, 0.15) is 5.78 Å². The van der Waals surface area contributed by atoms with Crippen LogP contribution >= 0.6 is 11.3 Å². The van der Waals surface area contributed by atoms with Gasteiger partial charge in [-0.2, -0.15) is 0 Å². The summed E-state index contributed by atoms with van der Waals surface area (Å²) >= 11 is 1.72. The molecule has 0 amide bonds. The minimum Gasteiger partial charge on any atom is -0.372 e. The number of hydrogen-bond donors (Lipinski definition) is 0. The molecule has 0 N–H and O–H groups in total. The first-order valence-electron chi connectivity index (χ1n) is 6.34. The molecule has 0 bridgehead atoms. The molecule has 4 heteroatoms. The fourth-order valence-electron chi connectivity index (χ4n) is 2.03. The van der Waals surface area contributed by atoms with Gasteiger partial charge in [0.15, 0.2) is 0 Å². The molecule has 17 heavy (non-hydrogen) atoms. The van der Waals surface area contributed by atoms with Crippen LogP contribution < -0.4 is 0 Å². The molecule has 3 nitrogen and oxygen atoms in total. The van der Waals surface area contributed by atoms with E-state index < -0.39 is 0 Å². The van der Waals surface area contributed by atoms with Gasteiger partial charge in [0.05, 0.1) is 23.4 Å². The summed E-state index contributed by atoms with van der Waals surface area (Å²) in [7, 11) is 0. The molecular formula is C13H19NO2S. The van der Waals surface area contributed by atoms with Crippen LogP contribution in [0.4, 0.5) is 0 Å². The highest BCUT2D eigenvalue weighted by atomic mass is 32.1. The molecule has 0 aliphatic heterocycles. The molecule has 2 rings (SSSR count). The van der Waals surface area contributed by atoms with Gasteiger partial charge in [0, 0.05) is 18.2 Å². The molecule has 1 aliphatic carbocycles. The molecule has 0 unspecified atom stereocenters. The highest BCUT2D eigenvalue weighted by Crippen LogP contribution is 2.20. The van der Waals surface area contributed by atoms with Crippen molar-refractivity contribution in [3.63, 3.8) is 0 Å². The molecule has 1 aromatic heterocycles. The van der Waals surface area contributed by atoms with Crippen LogP contribution in [0, 0.1) is 0 Å². The Morgan fingerprint density at radius 1 is 1.47 bits per heavy atom. The summed E-state index contributed by atoms with van der Waals surface area (Å²) in [6.07, 6.45) is 5.58. The number of ketones is 1. The van der Waals surface area contributed by atoms with Gasteiger partial charge in [0.2, 0.25) is 0 Å². The average molecular weight is 253 g/mol. The Hall–Kier alpha value is -0.740. The normalized spacial score (nSPS) is 17.6. The lowest BCUT2D eigenvalue weighted by Gasteiger charge is -2.20. The van der Waals surface area contributed by atoms with E-state index in [4.69, 9.17) is 4.74 Å². The van der Waals surface area contributed by atoms with Crippen molar-refractivity contribution in [2.75, 3.05) is 0 Å². The molecule has 0 radical (unpaired) electrons. The summed E-state index contributed by atoms with van der Waals surface area (Å²) in [6, 6.07) is 0. The lowest BCUT2D eigenvalue weighted by atomic mass is 9.96. The third kappa shape index (κ3) is 3.89. The molecule has 0 aromatic carbocycles. The number of thiazole rings is 1. The standard InChI is InChI=1S/C13H19NO2S/c1-2-3-13-14-10(9-17-13)8-16-12-6-4-11(15)5-7-12/h9,12H,2-8H2,1H3. The van der Waals surface area contributed by atoms with E-state index in [0.29, 0.717) is 25.2 Å². The Balaban J connectivity index is 1.75. The van der Waals surface area contributed by atoms with Crippen LogP contribution in [0.25, 0.3) is 0 Å². The number of carbonyl (C=O) groups is 1. The van der Waals surface area contributed by atoms with E-state index >= 15 is 0 Å². The third-order valence-corrected chi connectivity index (χ3v) is 3.98. The summed E-state index contributed by atoms with van der Waals surface area (Å²) in [6.45, 7) is 2.76. The quantitative estimate of drug-likeness (QED) is 0.809. The van der Waals surface area contributed by atoms with Gasteiger partial charge in [-0.15, -0.1) is 11.3 Å². The number of aryl methyl sites for hydroxylation is 1. The summed E-state index contributed by atoms with van der Waals surface area (Å²) in [5.74, 6) is 0.378. The fraction of sp³-hybridized carbons (Fsp3) is 0.692. The second-order valence-electron chi connectivity index (χ2n) is 4.53. The van der Waals surface area contributed by atoms with E-state index in [1.165, 1.54) is 5.01 Å². The van der Waals surface area contributed by atoms with Gasteiger partial charge in [-0.1, -0.05) is 6.92 Å². The third-order valence-electron chi connectivity index (χ3n) is 3.02. The van der Waals surface area contributed by atoms with Gasteiger partial charge in [-0.25, -0.2) is 4.98 Å². The zero-order chi connectivity index (χ0) is 12.1. The number of Topliss-reactive ketones (excluding diaryl/α,β-unsaturated/α-hetero) is 1. The van der Waals surface area contributed by atoms with E-state index in [2.05, 4.69) is 17.3 Å². The highest BCUT2D eigenvalue weighted by molar-refractivity contribution is 7.09. The molecule has 94 valence electrons. The first-order valence-corrected chi connectivity index (χ1v) is 7.22. The zero-order valence-electron chi connectivity index (χ0n) is 10.3. The second-order valence-corrected chi connectivity index (χ2v) is 5.47. The lowest BCUT2D eigenvalue weighted by molar-refractivity contribution is -0.123. The van der Waals surface area contributed by atoms with Crippen molar-refractivity contribution in [2.45, 2.75) is 58.2 Å². The second kappa shape index (κ2) is 6.26. The summed E-state index contributed by atoms with van der Waals surface area (Å²) < 4.78 is 5.80. The van der Waals surface area contributed by atoms with Crippen LogP contribution in [-0.4, -0.2) is 16.9 Å². The SMILES string of the molecule is CCCc1nc(COC2CCC(=O)CC2)cs1. The van der Waals surface area contributed by atoms with E-state index in [1.807, 2.05) is 0 Å². The van der Waals surface area contributed by atoms with Gasteiger partial charge in [-0.05, 0) is 25.7 Å². The predicted molar refractivity (Wildman–Crippen MR) is 68.2 cm³/mol. The minimum atomic E-state index is 0.254. The van der Waals surface area contributed by atoms with Crippen molar-refractivity contribution < 1.29 is 9.53 Å². The van der Waals surface area contributed by atoms with Crippen LogP contribution in [0.2, 0.25) is 0 Å². The Labute approximate surface area is 106 Å². The smallest absolute Gasteiger partial charge is 0.133 e. The van der Waals surface area contributed by atoms with Crippen LogP contribution in [0.1, 0.15) is 49.7 Å². The maximum Gasteiger partial charge on any atom is 0.133 e. The molecule has 1 aromatic rings. The van der Waals surface area contributed by atoms with E-state index in [1.54, 1.807) is 11.3 Å². The molecule has 0 saturated heterocycles. The molecule has 1 saturated carbocycles. The van der Waals surface area contributed by atoms with Gasteiger partial charge in [0.25, 0.3) is 0 Å². The summed E-state index contributed by atoms with van der Waals surface area (Å²) in [5, 5.41) is 3.28. The Bertz CT molecular complexity index is 365. The van der Waals surface area contributed by atoms with Crippen molar-refractivity contribution in [1.29, 1.82) is 0 Å². The summed E-state index contributed by atoms with van der Waals surface area (Å²) in [4.78, 5) is 15.6. The largest absolute Gasteiger partial charge is 0.372 e. The van der Waals surface area contributed by atoms with Gasteiger partial charge < -0.3 is 4.74 Å². The Morgan fingerprint density at radius 3 is 2.94 bits per heavy atom. The number of carbonyl (C=O) groups excluding carboxylic acids is 1. The molecule has 0 spiro atoms. The molecule has 0 atom stereocenters. The average Bonchev–Trinajstić information content (AvgIpc) is 2.77. The maximum atomic E-state index is 11.1. The Kier molecular flexibility index (Phi) is 4.68. The van der Waals surface area contributed by atoms with E-state index in [-0.39, 0.29) is 6.10 Å². The van der Waals surface area contributed by atoms with Crippen molar-refractivity contribution in [3.05, 3.63) is 16.1 Å². The topological polar surface area (TPSA) is 39.2 Å². The number of aromatic nitrogens is 1. The van der Waals surface area contributed by atoms with Crippen molar-refractivity contribution in [1.82, 2.24) is 4.98 Å². The van der Waals surface area contributed by atoms with E-state index in [0.717, 1.165) is 31.4 Å². The van der Waals surface area contributed by atoms with Crippen molar-refractivity contribution >= 4 is 17.1 Å². The molecule has 1 fully saturated rings. The van der Waals surface area contributed by atoms with Gasteiger partial charge >= 0.3 is 0 Å². The lowest BCUT2D eigenvalue weighted by Crippen LogP contribution is -2.21. The Morgan fingerprint density at radius 2 is 2.24 bits per heavy atom. The first kappa shape index (κ1) is 12.7. The number of nitrogens with zero attached hydrogens (tertiary/aromatic N) is 1. The maximum absolute atomic E-state index is 11.1. The minimum absolute atomic E-state index is 0.254. The van der Waals surface area contributed by atoms with Crippen LogP contribution in [0.3, 0.4) is 0 Å². The van der Waals surface area contributed by atoms with Crippen molar-refractivity contribution in [2.24, 2.45) is 0 Å². The predicted octanol–water partition coefficient (Wildman–Crippen LogP) is 3.12. The molecule has 1 aliphatic rings. The molecular weight excluding hydrogens is 234 g/mol. The zero-order valence-corrected chi connectivity index (χ0v) is 11.1. The number of hydrogen-bond acceptors (Lipinski definition) is 4. The van der Waals surface area contributed by atoms with Crippen LogP contribution in [-0.2, 0) is 22.6 Å². The highest BCUT2D eigenvalue weighted by Gasteiger charge is 2.19. The first-order chi connectivity index (χ1) is 8.28. The number of rotatable bonds is 5. The monoisotopic (exact) mass is 253 g/mol. The fourth-order valence-corrected chi connectivity index (χ4v) is 2.91.